The molecule has 0 radical (unpaired) electrons. The maximum absolute atomic E-state index is 13.4. The first-order valence-electron chi connectivity index (χ1n) is 12.7. The number of nitrogens with zero attached hydrogens (tertiary/aromatic N) is 3. The number of aromatic nitrogens is 2. The number of carbonyl (C=O) groups excluding carboxylic acids is 2. The summed E-state index contributed by atoms with van der Waals surface area (Å²) in [6.07, 6.45) is 0.647. The summed E-state index contributed by atoms with van der Waals surface area (Å²) in [4.78, 5) is 27.1. The summed E-state index contributed by atoms with van der Waals surface area (Å²) in [5.74, 6) is -0.0377. The Morgan fingerprint density at radius 2 is 1.78 bits per heavy atom. The summed E-state index contributed by atoms with van der Waals surface area (Å²) in [6, 6.07) is 16.3. The van der Waals surface area contributed by atoms with Gasteiger partial charge >= 0.3 is 0 Å². The van der Waals surface area contributed by atoms with E-state index < -0.39 is 11.8 Å². The Morgan fingerprint density at radius 3 is 2.51 bits per heavy atom. The number of methoxy groups -OCH3 is 1. The minimum Gasteiger partial charge on any atom is -0.374 e. The zero-order valence-electron chi connectivity index (χ0n) is 20.8. The molecule has 0 spiro atoms. The van der Waals surface area contributed by atoms with Gasteiger partial charge in [-0.15, -0.1) is 0 Å². The number of benzene rings is 3. The number of likely N-dealkylation sites (N-methyl/N-ethyl adjacent to an activating group) is 1. The number of amides is 2. The zero-order valence-corrected chi connectivity index (χ0v) is 20.8. The maximum atomic E-state index is 13.4. The van der Waals surface area contributed by atoms with Crippen molar-refractivity contribution in [1.82, 2.24) is 19.4 Å². The Morgan fingerprint density at radius 1 is 1.08 bits per heavy atom. The summed E-state index contributed by atoms with van der Waals surface area (Å²) < 4.78 is 17.8. The van der Waals surface area contributed by atoms with E-state index in [1.807, 2.05) is 31.3 Å². The molecule has 8 rings (SSSR count). The van der Waals surface area contributed by atoms with Gasteiger partial charge in [0.15, 0.2) is 5.72 Å². The Kier molecular flexibility index (Phi) is 3.96. The number of fused-ring (bicyclic) bond motifs is 13. The monoisotopic (exact) mass is 494 g/mol. The summed E-state index contributed by atoms with van der Waals surface area (Å²) in [7, 11) is 3.50. The van der Waals surface area contributed by atoms with Crippen LogP contribution < -0.4 is 5.32 Å². The fourth-order valence-electron chi connectivity index (χ4n) is 7.49. The molecule has 8 heteroatoms. The van der Waals surface area contributed by atoms with Crippen molar-refractivity contribution in [3.05, 3.63) is 59.7 Å². The molecule has 2 aromatic heterocycles. The van der Waals surface area contributed by atoms with Crippen LogP contribution in [0.4, 0.5) is 0 Å². The standard InChI is InChI=1S/C29H26N4O4/c1-29-27(36-3)20(31(2)14-34)12-21(37-29)32-18-10-6-4-8-15(18)23-24-17(13-30-28(24)35)22-16-9-5-7-11-19(16)33(29)26(22)25(23)32/h4-11,14,20-21,27H,12-13H2,1-3H3,(H,30,35)/t20-,21-,27-,29+/m1/s1. The lowest BCUT2D eigenvalue weighted by Crippen LogP contribution is -2.60. The van der Waals surface area contributed by atoms with E-state index in [-0.39, 0.29) is 18.2 Å². The van der Waals surface area contributed by atoms with Crippen molar-refractivity contribution < 1.29 is 19.1 Å². The lowest BCUT2D eigenvalue weighted by atomic mass is 9.92. The number of hydrogen-bond acceptors (Lipinski definition) is 4. The topological polar surface area (TPSA) is 77.7 Å². The highest BCUT2D eigenvalue weighted by molar-refractivity contribution is 6.31. The van der Waals surface area contributed by atoms with Crippen LogP contribution in [0.5, 0.6) is 0 Å². The number of nitrogens with one attached hydrogen (secondary N) is 1. The predicted molar refractivity (Wildman–Crippen MR) is 140 cm³/mol. The van der Waals surface area contributed by atoms with Crippen LogP contribution in [0.25, 0.3) is 43.6 Å². The van der Waals surface area contributed by atoms with E-state index in [1.54, 1.807) is 12.0 Å². The highest BCUT2D eigenvalue weighted by atomic mass is 16.6. The fraction of sp³-hybridized carbons (Fsp3) is 0.310. The molecule has 0 saturated carbocycles. The quantitative estimate of drug-likeness (QED) is 0.381. The molecule has 37 heavy (non-hydrogen) atoms. The van der Waals surface area contributed by atoms with Crippen molar-refractivity contribution in [2.75, 3.05) is 14.2 Å². The minimum atomic E-state index is -0.918. The molecular formula is C29H26N4O4. The molecule has 5 heterocycles. The number of carbonyl (C=O) groups is 2. The molecule has 2 bridgehead atoms. The Hall–Kier alpha value is -3.88. The molecule has 1 N–H and O–H groups in total. The third-order valence-corrected chi connectivity index (χ3v) is 8.89. The van der Waals surface area contributed by atoms with E-state index in [9.17, 15) is 9.59 Å². The molecule has 3 aromatic carbocycles. The fourth-order valence-corrected chi connectivity index (χ4v) is 7.49. The lowest BCUT2D eigenvalue weighted by molar-refractivity contribution is -0.265. The van der Waals surface area contributed by atoms with Crippen molar-refractivity contribution in [2.24, 2.45) is 0 Å². The minimum absolute atomic E-state index is 0.0377. The van der Waals surface area contributed by atoms with Crippen molar-refractivity contribution in [3.8, 4) is 0 Å². The van der Waals surface area contributed by atoms with E-state index in [1.165, 1.54) is 0 Å². The van der Waals surface area contributed by atoms with Crippen LogP contribution >= 0.6 is 0 Å². The van der Waals surface area contributed by atoms with Gasteiger partial charge in [-0.1, -0.05) is 36.4 Å². The smallest absolute Gasteiger partial charge is 0.252 e. The molecule has 4 atom stereocenters. The van der Waals surface area contributed by atoms with Gasteiger partial charge in [-0.2, -0.15) is 0 Å². The zero-order chi connectivity index (χ0) is 25.2. The van der Waals surface area contributed by atoms with Crippen LogP contribution in [0, 0.1) is 0 Å². The van der Waals surface area contributed by atoms with Crippen molar-refractivity contribution in [1.29, 1.82) is 0 Å². The molecule has 0 aliphatic carbocycles. The largest absolute Gasteiger partial charge is 0.374 e. The first-order valence-corrected chi connectivity index (χ1v) is 12.7. The van der Waals surface area contributed by atoms with Gasteiger partial charge in [0.05, 0.1) is 33.7 Å². The molecular weight excluding hydrogens is 468 g/mol. The van der Waals surface area contributed by atoms with E-state index >= 15 is 0 Å². The second-order valence-electron chi connectivity index (χ2n) is 10.6. The molecule has 1 fully saturated rings. The van der Waals surface area contributed by atoms with Gasteiger partial charge in [-0.3, -0.25) is 9.59 Å². The van der Waals surface area contributed by atoms with Gasteiger partial charge in [-0.25, -0.2) is 0 Å². The second-order valence-corrected chi connectivity index (χ2v) is 10.6. The number of rotatable bonds is 3. The summed E-state index contributed by atoms with van der Waals surface area (Å²) in [6.45, 7) is 2.56. The molecule has 0 unspecified atom stereocenters. The Balaban J connectivity index is 1.68. The molecule has 3 aliphatic heterocycles. The molecule has 1 saturated heterocycles. The molecule has 3 aliphatic rings. The van der Waals surface area contributed by atoms with Crippen molar-refractivity contribution in [2.45, 2.75) is 44.0 Å². The van der Waals surface area contributed by atoms with E-state index in [0.29, 0.717) is 13.0 Å². The first kappa shape index (κ1) is 21.2. The first-order chi connectivity index (χ1) is 18.0. The van der Waals surface area contributed by atoms with Crippen LogP contribution in [-0.2, 0) is 26.5 Å². The molecule has 186 valence electrons. The SMILES string of the molecule is CO[C@@H]1[C@H](N(C)C=O)C[C@H]2O[C@]1(C)n1c3ccccc3c3c4c(c5c6ccccc6n2c5c31)C(=O)NC4. The molecule has 8 nitrogen and oxygen atoms in total. The summed E-state index contributed by atoms with van der Waals surface area (Å²) in [5, 5.41) is 7.25. The van der Waals surface area contributed by atoms with Crippen LogP contribution in [0.1, 0.15) is 35.5 Å². The van der Waals surface area contributed by atoms with Gasteiger partial charge in [0.25, 0.3) is 5.91 Å². The van der Waals surface area contributed by atoms with Gasteiger partial charge in [0.2, 0.25) is 6.41 Å². The van der Waals surface area contributed by atoms with Crippen LogP contribution in [0.3, 0.4) is 0 Å². The van der Waals surface area contributed by atoms with Gasteiger partial charge in [0, 0.05) is 48.7 Å². The second kappa shape index (κ2) is 6.90. The van der Waals surface area contributed by atoms with Gasteiger partial charge < -0.3 is 28.8 Å². The highest BCUT2D eigenvalue weighted by Gasteiger charge is 2.54. The van der Waals surface area contributed by atoms with Gasteiger partial charge in [-0.05, 0) is 24.6 Å². The maximum Gasteiger partial charge on any atom is 0.252 e. The normalized spacial score (nSPS) is 26.2. The van der Waals surface area contributed by atoms with E-state index in [4.69, 9.17) is 9.47 Å². The van der Waals surface area contributed by atoms with Crippen molar-refractivity contribution >= 4 is 55.9 Å². The van der Waals surface area contributed by atoms with E-state index in [0.717, 1.165) is 61.1 Å². The van der Waals surface area contributed by atoms with Crippen LogP contribution in [0.15, 0.2) is 48.5 Å². The third kappa shape index (κ3) is 2.32. The number of para-hydroxylation sites is 2. The average Bonchev–Trinajstić information content (AvgIpc) is 3.55. The van der Waals surface area contributed by atoms with Gasteiger partial charge in [0.1, 0.15) is 12.3 Å². The Bertz CT molecular complexity index is 1830. The van der Waals surface area contributed by atoms with Crippen LogP contribution in [0.2, 0.25) is 0 Å². The number of ether oxygens (including phenoxy) is 2. The van der Waals surface area contributed by atoms with Crippen molar-refractivity contribution in [3.63, 3.8) is 0 Å². The molecule has 2 amide bonds. The Labute approximate surface area is 212 Å². The van der Waals surface area contributed by atoms with Crippen LogP contribution in [-0.4, -0.2) is 52.7 Å². The lowest BCUT2D eigenvalue weighted by Gasteiger charge is -2.50. The summed E-state index contributed by atoms with van der Waals surface area (Å²) in [5.41, 5.74) is 4.94. The van der Waals surface area contributed by atoms with E-state index in [2.05, 4.69) is 45.6 Å². The average molecular weight is 495 g/mol. The molecule has 5 aromatic rings. The highest BCUT2D eigenvalue weighted by Crippen LogP contribution is 2.54. The number of hydrogen-bond donors (Lipinski definition) is 1. The third-order valence-electron chi connectivity index (χ3n) is 8.89. The predicted octanol–water partition coefficient (Wildman–Crippen LogP) is 4.22. The summed E-state index contributed by atoms with van der Waals surface area (Å²) >= 11 is 0.